The molecule has 0 saturated heterocycles. The molecule has 1 amide bonds. The number of carbonyl (C=O) groups excluding carboxylic acids is 2. The molecule has 0 aliphatic heterocycles. The molecule has 2 heterocycles. The zero-order valence-electron chi connectivity index (χ0n) is 9.37. The van der Waals surface area contributed by atoms with Crippen LogP contribution in [0.4, 0.5) is 6.01 Å². The minimum atomic E-state index is -0.350. The second-order valence-electron chi connectivity index (χ2n) is 3.22. The zero-order valence-corrected chi connectivity index (χ0v) is 11.0. The Hall–Kier alpha value is -1.67. The summed E-state index contributed by atoms with van der Waals surface area (Å²) < 4.78 is 5.27. The number of aromatic nitrogens is 2. The number of thioether (sulfide) groups is 1. The number of anilines is 1. The molecule has 2 rings (SSSR count). The first-order valence-corrected chi connectivity index (χ1v) is 6.82. The molecule has 1 N–H and O–H groups in total. The maximum absolute atomic E-state index is 11.4. The van der Waals surface area contributed by atoms with Crippen LogP contribution in [0.5, 0.6) is 0 Å². The van der Waals surface area contributed by atoms with Crippen molar-refractivity contribution in [1.29, 1.82) is 0 Å². The maximum Gasteiger partial charge on any atom is 0.322 e. The molecular formula is C10H9N3O3S2. The van der Waals surface area contributed by atoms with Gasteiger partial charge in [0.25, 0.3) is 5.89 Å². The summed E-state index contributed by atoms with van der Waals surface area (Å²) in [5.74, 6) is 0.0441. The van der Waals surface area contributed by atoms with Gasteiger partial charge < -0.3 is 4.42 Å². The lowest BCUT2D eigenvalue weighted by Crippen LogP contribution is -2.15. The van der Waals surface area contributed by atoms with E-state index in [0.717, 1.165) is 16.6 Å². The third-order valence-electron chi connectivity index (χ3n) is 1.81. The van der Waals surface area contributed by atoms with Crippen LogP contribution >= 0.6 is 23.1 Å². The number of nitrogens with one attached hydrogen (secondary N) is 1. The van der Waals surface area contributed by atoms with Crippen molar-refractivity contribution >= 4 is 40.1 Å². The van der Waals surface area contributed by atoms with E-state index in [9.17, 15) is 9.59 Å². The largest absolute Gasteiger partial charge is 0.402 e. The molecule has 2 aromatic heterocycles. The Kier molecular flexibility index (Phi) is 4.11. The van der Waals surface area contributed by atoms with Crippen molar-refractivity contribution in [3.63, 3.8) is 0 Å². The van der Waals surface area contributed by atoms with E-state index in [1.54, 1.807) is 0 Å². The van der Waals surface area contributed by atoms with Gasteiger partial charge in [0, 0.05) is 6.92 Å². The number of carbonyl (C=O) groups is 2. The molecule has 0 saturated carbocycles. The first kappa shape index (κ1) is 12.8. The second kappa shape index (κ2) is 5.78. The predicted octanol–water partition coefficient (Wildman–Crippen LogP) is 2.02. The van der Waals surface area contributed by atoms with Crippen LogP contribution in [-0.2, 0) is 9.59 Å². The van der Waals surface area contributed by atoms with E-state index in [-0.39, 0.29) is 22.8 Å². The highest BCUT2D eigenvalue weighted by Gasteiger charge is 2.12. The van der Waals surface area contributed by atoms with E-state index >= 15 is 0 Å². The predicted molar refractivity (Wildman–Crippen MR) is 69.4 cm³/mol. The van der Waals surface area contributed by atoms with Crippen molar-refractivity contribution in [2.75, 3.05) is 11.1 Å². The molecule has 18 heavy (non-hydrogen) atoms. The summed E-state index contributed by atoms with van der Waals surface area (Å²) in [6.45, 7) is 1.40. The Morgan fingerprint density at radius 3 is 3.00 bits per heavy atom. The Labute approximate surface area is 111 Å². The summed E-state index contributed by atoms with van der Waals surface area (Å²) >= 11 is 2.39. The fraction of sp³-hybridized carbons (Fsp3) is 0.200. The van der Waals surface area contributed by atoms with Crippen LogP contribution in [0.2, 0.25) is 0 Å². The van der Waals surface area contributed by atoms with Crippen molar-refractivity contribution in [3.05, 3.63) is 17.5 Å². The topological polar surface area (TPSA) is 85.1 Å². The third-order valence-corrected chi connectivity index (χ3v) is 3.48. The van der Waals surface area contributed by atoms with Gasteiger partial charge in [-0.25, -0.2) is 0 Å². The average Bonchev–Trinajstić information content (AvgIpc) is 2.95. The summed E-state index contributed by atoms with van der Waals surface area (Å²) in [7, 11) is 0. The SMILES string of the molecule is CC(=O)SCC(=O)Nc1nnc(-c2cccs2)o1. The molecule has 0 bridgehead atoms. The molecule has 0 atom stereocenters. The van der Waals surface area contributed by atoms with E-state index in [1.165, 1.54) is 18.3 Å². The van der Waals surface area contributed by atoms with Gasteiger partial charge in [0.2, 0.25) is 5.91 Å². The normalized spacial score (nSPS) is 10.3. The smallest absolute Gasteiger partial charge is 0.322 e. The molecule has 0 aromatic carbocycles. The fourth-order valence-corrected chi connectivity index (χ4v) is 2.15. The first-order valence-electron chi connectivity index (χ1n) is 4.96. The van der Waals surface area contributed by atoms with Gasteiger partial charge in [-0.1, -0.05) is 22.9 Å². The second-order valence-corrected chi connectivity index (χ2v) is 5.32. The van der Waals surface area contributed by atoms with E-state index < -0.39 is 0 Å². The van der Waals surface area contributed by atoms with Gasteiger partial charge in [-0.15, -0.1) is 16.4 Å². The Morgan fingerprint density at radius 2 is 2.33 bits per heavy atom. The van der Waals surface area contributed by atoms with Gasteiger partial charge in [-0.3, -0.25) is 14.9 Å². The quantitative estimate of drug-likeness (QED) is 0.924. The number of amides is 1. The van der Waals surface area contributed by atoms with Gasteiger partial charge in [-0.2, -0.15) is 0 Å². The van der Waals surface area contributed by atoms with Crippen molar-refractivity contribution in [3.8, 4) is 10.8 Å². The molecule has 0 unspecified atom stereocenters. The number of hydrogen-bond donors (Lipinski definition) is 1. The fourth-order valence-electron chi connectivity index (χ4n) is 1.10. The molecule has 0 radical (unpaired) electrons. The van der Waals surface area contributed by atoms with Crippen molar-refractivity contribution in [1.82, 2.24) is 10.2 Å². The van der Waals surface area contributed by atoms with E-state index in [4.69, 9.17) is 4.42 Å². The standard InChI is InChI=1S/C10H9N3O3S2/c1-6(14)18-5-8(15)11-10-13-12-9(16-10)7-3-2-4-17-7/h2-4H,5H2,1H3,(H,11,13,15). The van der Waals surface area contributed by atoms with E-state index in [2.05, 4.69) is 15.5 Å². The monoisotopic (exact) mass is 283 g/mol. The third kappa shape index (κ3) is 3.41. The van der Waals surface area contributed by atoms with Gasteiger partial charge >= 0.3 is 6.01 Å². The summed E-state index contributed by atoms with van der Waals surface area (Å²) in [4.78, 5) is 22.9. The maximum atomic E-state index is 11.4. The summed E-state index contributed by atoms with van der Waals surface area (Å²) in [6, 6.07) is 3.74. The Bertz CT molecular complexity index is 550. The lowest BCUT2D eigenvalue weighted by Gasteiger charge is -1.97. The molecule has 2 aromatic rings. The van der Waals surface area contributed by atoms with Crippen LogP contribution in [-0.4, -0.2) is 27.0 Å². The molecular weight excluding hydrogens is 274 g/mol. The van der Waals surface area contributed by atoms with E-state index in [0.29, 0.717) is 5.89 Å². The highest BCUT2D eigenvalue weighted by Crippen LogP contribution is 2.24. The highest BCUT2D eigenvalue weighted by atomic mass is 32.2. The number of hydrogen-bond acceptors (Lipinski definition) is 7. The minimum Gasteiger partial charge on any atom is -0.402 e. The first-order chi connectivity index (χ1) is 8.65. The molecule has 0 fully saturated rings. The van der Waals surface area contributed by atoms with Crippen molar-refractivity contribution in [2.24, 2.45) is 0 Å². The molecule has 0 aliphatic rings. The van der Waals surface area contributed by atoms with Gasteiger partial charge in [-0.05, 0) is 11.4 Å². The van der Waals surface area contributed by atoms with Crippen LogP contribution in [0.25, 0.3) is 10.8 Å². The highest BCUT2D eigenvalue weighted by molar-refractivity contribution is 8.14. The van der Waals surface area contributed by atoms with Crippen LogP contribution in [0.15, 0.2) is 21.9 Å². The Balaban J connectivity index is 1.95. The van der Waals surface area contributed by atoms with Crippen molar-refractivity contribution < 1.29 is 14.0 Å². The van der Waals surface area contributed by atoms with Gasteiger partial charge in [0.1, 0.15) is 0 Å². The van der Waals surface area contributed by atoms with Crippen LogP contribution in [0.1, 0.15) is 6.92 Å². The molecule has 0 spiro atoms. The molecule has 0 aliphatic carbocycles. The van der Waals surface area contributed by atoms with Crippen LogP contribution < -0.4 is 5.32 Å². The van der Waals surface area contributed by atoms with Crippen LogP contribution in [0, 0.1) is 0 Å². The van der Waals surface area contributed by atoms with E-state index in [1.807, 2.05) is 17.5 Å². The zero-order chi connectivity index (χ0) is 13.0. The lowest BCUT2D eigenvalue weighted by molar-refractivity contribution is -0.114. The number of nitrogens with zero attached hydrogens (tertiary/aromatic N) is 2. The Morgan fingerprint density at radius 1 is 1.50 bits per heavy atom. The van der Waals surface area contributed by atoms with Gasteiger partial charge in [0.05, 0.1) is 10.6 Å². The number of rotatable bonds is 4. The summed E-state index contributed by atoms with van der Waals surface area (Å²) in [5.41, 5.74) is 0. The molecule has 6 nitrogen and oxygen atoms in total. The van der Waals surface area contributed by atoms with Crippen LogP contribution in [0.3, 0.4) is 0 Å². The summed E-state index contributed by atoms with van der Waals surface area (Å²) in [5, 5.41) is 11.7. The summed E-state index contributed by atoms with van der Waals surface area (Å²) in [6.07, 6.45) is 0. The lowest BCUT2D eigenvalue weighted by atomic mass is 10.5. The van der Waals surface area contributed by atoms with Gasteiger partial charge in [0.15, 0.2) is 5.12 Å². The van der Waals surface area contributed by atoms with Crippen molar-refractivity contribution in [2.45, 2.75) is 6.92 Å². The molecule has 8 heteroatoms. The molecule has 94 valence electrons. The minimum absolute atomic E-state index is 0.0338. The average molecular weight is 283 g/mol. The number of thiophene rings is 1.